The quantitative estimate of drug-likeness (QED) is 0.629. The van der Waals surface area contributed by atoms with E-state index in [1.54, 1.807) is 6.21 Å². The van der Waals surface area contributed by atoms with Crippen LogP contribution in [0.4, 0.5) is 0 Å². The van der Waals surface area contributed by atoms with E-state index in [1.807, 2.05) is 31.2 Å². The lowest BCUT2D eigenvalue weighted by molar-refractivity contribution is -0.121. The number of carbonyl (C=O) groups is 1. The number of aryl methyl sites for hydroxylation is 1. The van der Waals surface area contributed by atoms with E-state index in [-0.39, 0.29) is 12.6 Å². The highest BCUT2D eigenvalue weighted by atomic mass is 32.2. The zero-order valence-electron chi connectivity index (χ0n) is 14.2. The number of rotatable bonds is 6. The fraction of sp³-hybridized carbons (Fsp3) is 0.529. The summed E-state index contributed by atoms with van der Waals surface area (Å²) in [6.07, 6.45) is 7.47. The molecule has 0 unspecified atom stereocenters. The first kappa shape index (κ1) is 18.6. The van der Waals surface area contributed by atoms with E-state index < -0.39 is 15.9 Å². The topological polar surface area (TPSA) is 78.8 Å². The van der Waals surface area contributed by atoms with Crippen molar-refractivity contribution in [3.8, 4) is 0 Å². The molecule has 0 aromatic heterocycles. The van der Waals surface area contributed by atoms with E-state index >= 15 is 0 Å². The Bertz CT molecular complexity index is 695. The summed E-state index contributed by atoms with van der Waals surface area (Å²) in [7, 11) is -3.42. The molecule has 1 N–H and O–H groups in total. The van der Waals surface area contributed by atoms with E-state index in [0.717, 1.165) is 49.5 Å². The van der Waals surface area contributed by atoms with Gasteiger partial charge in [-0.15, -0.1) is 0 Å². The standard InChI is InChI=1S/C17H25N3O3S/c1-14-7-6-8-15(11-14)12-18-19-17(21)13-20(24(2,22)23)16-9-4-3-5-10-16/h6-8,11-12,16H,3-5,9-10,13H2,1-2H3,(H,19,21). The Morgan fingerprint density at radius 3 is 2.67 bits per heavy atom. The van der Waals surface area contributed by atoms with Crippen LogP contribution in [0.25, 0.3) is 0 Å². The van der Waals surface area contributed by atoms with Crippen LogP contribution in [0.5, 0.6) is 0 Å². The summed E-state index contributed by atoms with van der Waals surface area (Å²) in [5.41, 5.74) is 4.40. The van der Waals surface area contributed by atoms with E-state index in [0.29, 0.717) is 0 Å². The molecule has 0 bridgehead atoms. The summed E-state index contributed by atoms with van der Waals surface area (Å²) in [6.45, 7) is 1.79. The highest BCUT2D eigenvalue weighted by Crippen LogP contribution is 2.24. The maximum Gasteiger partial charge on any atom is 0.255 e. The second-order valence-corrected chi connectivity index (χ2v) is 8.24. The maximum absolute atomic E-state index is 12.1. The molecule has 0 radical (unpaired) electrons. The Balaban J connectivity index is 1.95. The summed E-state index contributed by atoms with van der Waals surface area (Å²) in [5, 5.41) is 3.92. The normalized spacial score (nSPS) is 16.6. The molecule has 0 heterocycles. The van der Waals surface area contributed by atoms with Crippen molar-refractivity contribution < 1.29 is 13.2 Å². The van der Waals surface area contributed by atoms with E-state index in [4.69, 9.17) is 0 Å². The van der Waals surface area contributed by atoms with Gasteiger partial charge in [0.1, 0.15) is 0 Å². The monoisotopic (exact) mass is 351 g/mol. The lowest BCUT2D eigenvalue weighted by Crippen LogP contribution is -2.45. The molecule has 0 saturated heterocycles. The van der Waals surface area contributed by atoms with Gasteiger partial charge in [-0.05, 0) is 25.3 Å². The van der Waals surface area contributed by atoms with Gasteiger partial charge in [-0.1, -0.05) is 49.1 Å². The summed E-state index contributed by atoms with van der Waals surface area (Å²) in [5.74, 6) is -0.421. The van der Waals surface area contributed by atoms with Crippen molar-refractivity contribution in [1.82, 2.24) is 9.73 Å². The Morgan fingerprint density at radius 1 is 1.33 bits per heavy atom. The number of hydrogen-bond donors (Lipinski definition) is 1. The first-order valence-corrected chi connectivity index (χ1v) is 10.1. The number of amides is 1. The zero-order valence-corrected chi connectivity index (χ0v) is 15.1. The van der Waals surface area contributed by atoms with Crippen LogP contribution in [0.1, 0.15) is 43.2 Å². The Hall–Kier alpha value is -1.73. The summed E-state index contributed by atoms with van der Waals surface area (Å²) >= 11 is 0. The minimum Gasteiger partial charge on any atom is -0.272 e. The molecule has 7 heteroatoms. The predicted octanol–water partition coefficient (Wildman–Crippen LogP) is 2.04. The number of nitrogens with zero attached hydrogens (tertiary/aromatic N) is 2. The summed E-state index contributed by atoms with van der Waals surface area (Å²) in [6, 6.07) is 7.63. The van der Waals surface area contributed by atoms with Crippen molar-refractivity contribution in [2.24, 2.45) is 5.10 Å². The van der Waals surface area contributed by atoms with E-state index in [9.17, 15) is 13.2 Å². The molecule has 1 aliphatic rings. The van der Waals surface area contributed by atoms with Crippen molar-refractivity contribution in [2.75, 3.05) is 12.8 Å². The van der Waals surface area contributed by atoms with Crippen LogP contribution in [0.3, 0.4) is 0 Å². The molecule has 1 aromatic rings. The van der Waals surface area contributed by atoms with Gasteiger partial charge in [-0.3, -0.25) is 4.79 Å². The molecule has 24 heavy (non-hydrogen) atoms. The molecule has 1 amide bonds. The number of benzene rings is 1. The van der Waals surface area contributed by atoms with Gasteiger partial charge < -0.3 is 0 Å². The molecular formula is C17H25N3O3S. The second-order valence-electron chi connectivity index (χ2n) is 6.31. The van der Waals surface area contributed by atoms with Crippen LogP contribution in [0.15, 0.2) is 29.4 Å². The number of sulfonamides is 1. The fourth-order valence-corrected chi connectivity index (χ4v) is 4.10. The first-order valence-electron chi connectivity index (χ1n) is 8.21. The molecule has 1 aliphatic carbocycles. The van der Waals surface area contributed by atoms with Gasteiger partial charge in [0.25, 0.3) is 5.91 Å². The first-order chi connectivity index (χ1) is 11.4. The zero-order chi connectivity index (χ0) is 17.6. The smallest absolute Gasteiger partial charge is 0.255 e. The van der Waals surface area contributed by atoms with Crippen LogP contribution in [0, 0.1) is 6.92 Å². The van der Waals surface area contributed by atoms with Crippen molar-refractivity contribution in [3.63, 3.8) is 0 Å². The average Bonchev–Trinajstić information content (AvgIpc) is 2.52. The molecule has 2 rings (SSSR count). The minimum absolute atomic E-state index is 0.0831. The molecular weight excluding hydrogens is 326 g/mol. The van der Waals surface area contributed by atoms with Gasteiger partial charge in [0, 0.05) is 6.04 Å². The van der Waals surface area contributed by atoms with Gasteiger partial charge >= 0.3 is 0 Å². The Labute approximate surface area is 144 Å². The van der Waals surface area contributed by atoms with Crippen LogP contribution < -0.4 is 5.43 Å². The SMILES string of the molecule is Cc1cccc(C=NNC(=O)CN(C2CCCCC2)S(C)(=O)=O)c1. The Kier molecular flexibility index (Phi) is 6.51. The summed E-state index contributed by atoms with van der Waals surface area (Å²) in [4.78, 5) is 12.1. The third-order valence-electron chi connectivity index (χ3n) is 4.15. The highest BCUT2D eigenvalue weighted by Gasteiger charge is 2.29. The van der Waals surface area contributed by atoms with E-state index in [1.165, 1.54) is 4.31 Å². The number of nitrogens with one attached hydrogen (secondary N) is 1. The fourth-order valence-electron chi connectivity index (χ4n) is 2.99. The number of hydrogen-bond acceptors (Lipinski definition) is 4. The second kappa shape index (κ2) is 8.39. The number of hydrazone groups is 1. The van der Waals surface area contributed by atoms with Crippen molar-refractivity contribution in [3.05, 3.63) is 35.4 Å². The highest BCUT2D eigenvalue weighted by molar-refractivity contribution is 7.88. The van der Waals surface area contributed by atoms with Gasteiger partial charge in [0.2, 0.25) is 10.0 Å². The summed E-state index contributed by atoms with van der Waals surface area (Å²) < 4.78 is 25.3. The van der Waals surface area contributed by atoms with E-state index in [2.05, 4.69) is 10.5 Å². The number of carbonyl (C=O) groups excluding carboxylic acids is 1. The molecule has 6 nitrogen and oxygen atoms in total. The third-order valence-corrected chi connectivity index (χ3v) is 5.43. The van der Waals surface area contributed by atoms with Crippen molar-refractivity contribution in [2.45, 2.75) is 45.1 Å². The predicted molar refractivity (Wildman–Crippen MR) is 95.3 cm³/mol. The van der Waals surface area contributed by atoms with Crippen LogP contribution in [-0.4, -0.2) is 43.7 Å². The van der Waals surface area contributed by atoms with Crippen molar-refractivity contribution in [1.29, 1.82) is 0 Å². The molecule has 1 fully saturated rings. The molecule has 1 saturated carbocycles. The van der Waals surface area contributed by atoms with Gasteiger partial charge in [0.05, 0.1) is 19.0 Å². The lowest BCUT2D eigenvalue weighted by atomic mass is 9.95. The maximum atomic E-state index is 12.1. The molecule has 1 aromatic carbocycles. The van der Waals surface area contributed by atoms with Crippen molar-refractivity contribution >= 4 is 22.1 Å². The van der Waals surface area contributed by atoms with Gasteiger partial charge in [0.15, 0.2) is 0 Å². The third kappa shape index (κ3) is 5.72. The average molecular weight is 351 g/mol. The Morgan fingerprint density at radius 2 is 2.04 bits per heavy atom. The lowest BCUT2D eigenvalue weighted by Gasteiger charge is -2.31. The van der Waals surface area contributed by atoms with Gasteiger partial charge in [-0.2, -0.15) is 9.41 Å². The van der Waals surface area contributed by atoms with Crippen LogP contribution >= 0.6 is 0 Å². The van der Waals surface area contributed by atoms with Crippen LogP contribution in [-0.2, 0) is 14.8 Å². The molecule has 0 atom stereocenters. The molecule has 132 valence electrons. The largest absolute Gasteiger partial charge is 0.272 e. The van der Waals surface area contributed by atoms with Crippen LogP contribution in [0.2, 0.25) is 0 Å². The molecule has 0 spiro atoms. The minimum atomic E-state index is -3.42. The molecule has 0 aliphatic heterocycles. The van der Waals surface area contributed by atoms with Gasteiger partial charge in [-0.25, -0.2) is 13.8 Å².